The summed E-state index contributed by atoms with van der Waals surface area (Å²) in [5.41, 5.74) is 6.32. The number of hydrogen-bond acceptors (Lipinski definition) is 1. The molecule has 0 aliphatic heterocycles. The summed E-state index contributed by atoms with van der Waals surface area (Å²) in [5.74, 6) is 0.159. The van der Waals surface area contributed by atoms with Crippen LogP contribution in [0.1, 0.15) is 23.6 Å². The molecule has 0 aromatic heterocycles. The first kappa shape index (κ1) is 9.34. The van der Waals surface area contributed by atoms with Gasteiger partial charge in [0.15, 0.2) is 5.78 Å². The van der Waals surface area contributed by atoms with Gasteiger partial charge < -0.3 is 0 Å². The fourth-order valence-corrected chi connectivity index (χ4v) is 2.27. The third-order valence-corrected chi connectivity index (χ3v) is 3.19. The topological polar surface area (TPSA) is 17.1 Å². The number of allylic oxidation sites excluding steroid dienone is 5. The van der Waals surface area contributed by atoms with Crippen molar-refractivity contribution in [3.8, 4) is 0 Å². The number of fused-ring (bicyclic) bond motifs is 3. The summed E-state index contributed by atoms with van der Waals surface area (Å²) in [6, 6.07) is 6.31. The summed E-state index contributed by atoms with van der Waals surface area (Å²) in [6.07, 6.45) is 5.96. The quantitative estimate of drug-likeness (QED) is 0.639. The van der Waals surface area contributed by atoms with Gasteiger partial charge in [0, 0.05) is 5.57 Å². The Morgan fingerprint density at radius 1 is 1.00 bits per heavy atom. The van der Waals surface area contributed by atoms with Crippen LogP contribution in [0.2, 0.25) is 0 Å². The van der Waals surface area contributed by atoms with Gasteiger partial charge in [-0.1, -0.05) is 35.9 Å². The summed E-state index contributed by atoms with van der Waals surface area (Å²) in [6.45, 7) is 3.94. The van der Waals surface area contributed by atoms with Gasteiger partial charge in [-0.3, -0.25) is 4.79 Å². The molecule has 0 spiro atoms. The molecule has 1 aromatic carbocycles. The van der Waals surface area contributed by atoms with E-state index in [0.717, 1.165) is 22.3 Å². The van der Waals surface area contributed by atoms with Crippen molar-refractivity contribution in [3.05, 3.63) is 58.2 Å². The highest BCUT2D eigenvalue weighted by Crippen LogP contribution is 2.39. The van der Waals surface area contributed by atoms with E-state index < -0.39 is 0 Å². The van der Waals surface area contributed by atoms with Crippen LogP contribution in [0.15, 0.2) is 41.5 Å². The van der Waals surface area contributed by atoms with E-state index in [2.05, 4.69) is 25.1 Å². The predicted octanol–water partition coefficient (Wildman–Crippen LogP) is 3.30. The maximum absolute atomic E-state index is 12.0. The molecule has 1 heteroatoms. The standard InChI is InChI=1S/C15H12O/c1-9-3-5-11-8-14-12(13(11)7-9)6-4-10(2)15(14)16/h3-8H,1-2H3. The Balaban J connectivity index is 2.25. The molecule has 0 amide bonds. The van der Waals surface area contributed by atoms with E-state index in [1.165, 1.54) is 11.1 Å². The Kier molecular flexibility index (Phi) is 1.78. The van der Waals surface area contributed by atoms with Crippen LogP contribution in [0.5, 0.6) is 0 Å². The van der Waals surface area contributed by atoms with Gasteiger partial charge in [-0.25, -0.2) is 0 Å². The average Bonchev–Trinajstić information content (AvgIpc) is 2.62. The van der Waals surface area contributed by atoms with Crippen LogP contribution in [0.3, 0.4) is 0 Å². The summed E-state index contributed by atoms with van der Waals surface area (Å²) in [4.78, 5) is 12.0. The van der Waals surface area contributed by atoms with E-state index in [0.29, 0.717) is 0 Å². The monoisotopic (exact) mass is 208 g/mol. The van der Waals surface area contributed by atoms with E-state index in [1.807, 2.05) is 25.2 Å². The third kappa shape index (κ3) is 1.15. The molecule has 0 bridgehead atoms. The van der Waals surface area contributed by atoms with Gasteiger partial charge in [0.05, 0.1) is 0 Å². The number of carbonyl (C=O) groups excluding carboxylic acids is 1. The molecule has 0 N–H and O–H groups in total. The summed E-state index contributed by atoms with van der Waals surface area (Å²) in [5, 5.41) is 0. The van der Waals surface area contributed by atoms with E-state index >= 15 is 0 Å². The molecule has 78 valence electrons. The van der Waals surface area contributed by atoms with Crippen molar-refractivity contribution >= 4 is 17.4 Å². The summed E-state index contributed by atoms with van der Waals surface area (Å²) in [7, 11) is 0. The van der Waals surface area contributed by atoms with Crippen molar-refractivity contribution in [1.29, 1.82) is 0 Å². The van der Waals surface area contributed by atoms with Crippen LogP contribution in [0.4, 0.5) is 0 Å². The van der Waals surface area contributed by atoms with Crippen LogP contribution < -0.4 is 0 Å². The number of aryl methyl sites for hydroxylation is 1. The second-order valence-electron chi connectivity index (χ2n) is 4.41. The maximum atomic E-state index is 12.0. The molecule has 3 rings (SSSR count). The highest BCUT2D eigenvalue weighted by molar-refractivity contribution is 6.25. The minimum atomic E-state index is 0.159. The lowest BCUT2D eigenvalue weighted by Crippen LogP contribution is -2.06. The molecule has 0 heterocycles. The van der Waals surface area contributed by atoms with Gasteiger partial charge in [-0.05, 0) is 42.2 Å². The number of carbonyl (C=O) groups is 1. The maximum Gasteiger partial charge on any atom is 0.189 e. The van der Waals surface area contributed by atoms with Crippen molar-refractivity contribution in [2.45, 2.75) is 13.8 Å². The van der Waals surface area contributed by atoms with Crippen LogP contribution >= 0.6 is 0 Å². The first-order valence-corrected chi connectivity index (χ1v) is 5.43. The minimum absolute atomic E-state index is 0.159. The highest BCUT2D eigenvalue weighted by Gasteiger charge is 2.26. The Hall–Kier alpha value is -1.89. The minimum Gasteiger partial charge on any atom is -0.289 e. The molecule has 2 aliphatic carbocycles. The van der Waals surface area contributed by atoms with Gasteiger partial charge in [0.2, 0.25) is 0 Å². The number of rotatable bonds is 0. The number of ketones is 1. The Morgan fingerprint density at radius 2 is 1.81 bits per heavy atom. The van der Waals surface area contributed by atoms with E-state index in [1.54, 1.807) is 0 Å². The lowest BCUT2D eigenvalue weighted by Gasteiger charge is -2.11. The Labute approximate surface area is 94.8 Å². The number of Topliss-reactive ketones (excluding diaryl/α,β-unsaturated/α-hetero) is 1. The molecule has 2 aliphatic rings. The van der Waals surface area contributed by atoms with Crippen LogP contribution in [-0.4, -0.2) is 5.78 Å². The van der Waals surface area contributed by atoms with Crippen molar-refractivity contribution in [2.24, 2.45) is 0 Å². The average molecular weight is 208 g/mol. The van der Waals surface area contributed by atoms with Crippen LogP contribution in [-0.2, 0) is 4.79 Å². The van der Waals surface area contributed by atoms with E-state index in [4.69, 9.17) is 0 Å². The summed E-state index contributed by atoms with van der Waals surface area (Å²) < 4.78 is 0. The molecule has 16 heavy (non-hydrogen) atoms. The molecule has 0 saturated heterocycles. The lowest BCUT2D eigenvalue weighted by atomic mass is 9.92. The second-order valence-corrected chi connectivity index (χ2v) is 4.41. The normalized spacial score (nSPS) is 17.4. The lowest BCUT2D eigenvalue weighted by molar-refractivity contribution is -0.111. The molecule has 0 saturated carbocycles. The second kappa shape index (κ2) is 3.05. The zero-order valence-corrected chi connectivity index (χ0v) is 9.37. The molecule has 1 aromatic rings. The Morgan fingerprint density at radius 3 is 2.62 bits per heavy atom. The SMILES string of the molecule is CC1=CC=C2C(=Cc3ccc(C)cc32)C1=O. The highest BCUT2D eigenvalue weighted by atomic mass is 16.1. The molecule has 1 nitrogen and oxygen atoms in total. The van der Waals surface area contributed by atoms with Gasteiger partial charge >= 0.3 is 0 Å². The smallest absolute Gasteiger partial charge is 0.189 e. The van der Waals surface area contributed by atoms with Crippen LogP contribution in [0.25, 0.3) is 11.6 Å². The third-order valence-electron chi connectivity index (χ3n) is 3.19. The molecular weight excluding hydrogens is 196 g/mol. The van der Waals surface area contributed by atoms with Crippen molar-refractivity contribution in [2.75, 3.05) is 0 Å². The van der Waals surface area contributed by atoms with Gasteiger partial charge in [-0.2, -0.15) is 0 Å². The summed E-state index contributed by atoms with van der Waals surface area (Å²) >= 11 is 0. The fraction of sp³-hybridized carbons (Fsp3) is 0.133. The van der Waals surface area contributed by atoms with Gasteiger partial charge in [0.25, 0.3) is 0 Å². The molecular formula is C15H12O. The fourth-order valence-electron chi connectivity index (χ4n) is 2.27. The van der Waals surface area contributed by atoms with Crippen molar-refractivity contribution in [1.82, 2.24) is 0 Å². The molecule has 0 unspecified atom stereocenters. The largest absolute Gasteiger partial charge is 0.289 e. The van der Waals surface area contributed by atoms with Crippen LogP contribution in [0, 0.1) is 6.92 Å². The van der Waals surface area contributed by atoms with Crippen molar-refractivity contribution in [3.63, 3.8) is 0 Å². The predicted molar refractivity (Wildman–Crippen MR) is 65.9 cm³/mol. The van der Waals surface area contributed by atoms with Crippen molar-refractivity contribution < 1.29 is 4.79 Å². The zero-order chi connectivity index (χ0) is 11.3. The number of hydrogen-bond donors (Lipinski definition) is 0. The van der Waals surface area contributed by atoms with Gasteiger partial charge in [-0.15, -0.1) is 0 Å². The van der Waals surface area contributed by atoms with E-state index in [-0.39, 0.29) is 5.78 Å². The molecule has 0 radical (unpaired) electrons. The van der Waals surface area contributed by atoms with E-state index in [9.17, 15) is 4.79 Å². The number of benzene rings is 1. The first-order valence-electron chi connectivity index (χ1n) is 5.43. The molecule has 0 fully saturated rings. The first-order chi connectivity index (χ1) is 7.66. The van der Waals surface area contributed by atoms with Gasteiger partial charge in [0.1, 0.15) is 0 Å². The molecule has 0 atom stereocenters. The zero-order valence-electron chi connectivity index (χ0n) is 9.37. The Bertz CT molecular complexity index is 598.